The van der Waals surface area contributed by atoms with Crippen molar-refractivity contribution in [3.8, 4) is 0 Å². The number of amides is 1. The Labute approximate surface area is 106 Å². The number of benzene rings is 1. The SMILES string of the molecule is O=C1CC(c2ccc(F)cc2Cl)N1S(=O)(=O)Cl. The minimum absolute atomic E-state index is 0.0166. The summed E-state index contributed by atoms with van der Waals surface area (Å²) in [4.78, 5) is 11.2. The van der Waals surface area contributed by atoms with E-state index < -0.39 is 27.0 Å². The van der Waals surface area contributed by atoms with Gasteiger partial charge < -0.3 is 0 Å². The molecule has 0 N–H and O–H groups in total. The maximum atomic E-state index is 12.8. The zero-order chi connectivity index (χ0) is 12.8. The minimum Gasteiger partial charge on any atom is -0.274 e. The maximum absolute atomic E-state index is 12.8. The van der Waals surface area contributed by atoms with Gasteiger partial charge in [0.25, 0.3) is 0 Å². The summed E-state index contributed by atoms with van der Waals surface area (Å²) in [5.41, 5.74) is 0.358. The van der Waals surface area contributed by atoms with Gasteiger partial charge in [-0.05, 0) is 17.7 Å². The molecule has 0 aliphatic carbocycles. The summed E-state index contributed by atoms with van der Waals surface area (Å²) in [7, 11) is 0.982. The molecule has 1 aromatic carbocycles. The molecule has 0 spiro atoms. The Bertz CT molecular complexity index is 590. The standard InChI is InChI=1S/C9H6Cl2FNO3S/c10-7-3-5(12)1-2-6(7)8-4-9(14)13(8)17(11,15)16/h1-3,8H,4H2. The third-order valence-corrected chi connectivity index (χ3v) is 4.15. The highest BCUT2D eigenvalue weighted by molar-refractivity contribution is 8.12. The molecule has 1 aromatic rings. The summed E-state index contributed by atoms with van der Waals surface area (Å²) in [6, 6.07) is 2.78. The van der Waals surface area contributed by atoms with Crippen molar-refractivity contribution in [1.82, 2.24) is 4.31 Å². The van der Waals surface area contributed by atoms with Gasteiger partial charge in [0.1, 0.15) is 5.82 Å². The number of hydrogen-bond acceptors (Lipinski definition) is 3. The molecule has 1 amide bonds. The van der Waals surface area contributed by atoms with E-state index in [-0.39, 0.29) is 11.4 Å². The predicted octanol–water partition coefficient (Wildman–Crippen LogP) is 2.24. The molecule has 0 radical (unpaired) electrons. The van der Waals surface area contributed by atoms with Gasteiger partial charge in [-0.2, -0.15) is 8.42 Å². The van der Waals surface area contributed by atoms with Gasteiger partial charge >= 0.3 is 9.24 Å². The molecule has 1 fully saturated rings. The summed E-state index contributed by atoms with van der Waals surface area (Å²) in [5.74, 6) is -1.14. The van der Waals surface area contributed by atoms with E-state index in [1.807, 2.05) is 0 Å². The van der Waals surface area contributed by atoms with Crippen molar-refractivity contribution < 1.29 is 17.6 Å². The third-order valence-electron chi connectivity index (χ3n) is 2.45. The van der Waals surface area contributed by atoms with E-state index in [1.165, 1.54) is 6.07 Å². The molecule has 1 atom stereocenters. The molecular weight excluding hydrogens is 292 g/mol. The second kappa shape index (κ2) is 4.12. The highest BCUT2D eigenvalue weighted by Gasteiger charge is 2.45. The fourth-order valence-corrected chi connectivity index (χ4v) is 3.30. The van der Waals surface area contributed by atoms with Crippen LogP contribution in [0.25, 0.3) is 0 Å². The van der Waals surface area contributed by atoms with Gasteiger partial charge in [0.05, 0.1) is 12.5 Å². The van der Waals surface area contributed by atoms with Crippen molar-refractivity contribution in [2.75, 3.05) is 0 Å². The molecule has 17 heavy (non-hydrogen) atoms. The van der Waals surface area contributed by atoms with E-state index in [0.717, 1.165) is 12.1 Å². The van der Waals surface area contributed by atoms with E-state index >= 15 is 0 Å². The Morgan fingerprint density at radius 3 is 2.53 bits per heavy atom. The van der Waals surface area contributed by atoms with E-state index in [9.17, 15) is 17.6 Å². The first-order valence-electron chi connectivity index (χ1n) is 4.52. The lowest BCUT2D eigenvalue weighted by atomic mass is 9.97. The maximum Gasteiger partial charge on any atom is 0.324 e. The lowest BCUT2D eigenvalue weighted by Crippen LogP contribution is -2.48. The van der Waals surface area contributed by atoms with Crippen molar-refractivity contribution in [2.24, 2.45) is 0 Å². The second-order valence-corrected chi connectivity index (χ2v) is 6.31. The summed E-state index contributed by atoms with van der Waals surface area (Å²) >= 11 is 5.78. The Morgan fingerprint density at radius 1 is 1.41 bits per heavy atom. The molecule has 1 aliphatic rings. The number of carbonyl (C=O) groups excluding carboxylic acids is 1. The van der Waals surface area contributed by atoms with Crippen LogP contribution < -0.4 is 0 Å². The Kier molecular flexibility index (Phi) is 3.05. The van der Waals surface area contributed by atoms with Gasteiger partial charge in [-0.1, -0.05) is 17.7 Å². The topological polar surface area (TPSA) is 54.5 Å². The molecular formula is C9H6Cl2FNO3S. The summed E-state index contributed by atoms with van der Waals surface area (Å²) in [5, 5.41) is 0.0628. The van der Waals surface area contributed by atoms with E-state index in [2.05, 4.69) is 0 Å². The van der Waals surface area contributed by atoms with Gasteiger partial charge in [0.15, 0.2) is 0 Å². The largest absolute Gasteiger partial charge is 0.324 e. The van der Waals surface area contributed by atoms with Crippen molar-refractivity contribution in [2.45, 2.75) is 12.5 Å². The summed E-state index contributed by atoms with van der Waals surface area (Å²) < 4.78 is 35.6. The van der Waals surface area contributed by atoms with E-state index in [1.54, 1.807) is 0 Å². The first-order chi connectivity index (χ1) is 7.80. The van der Waals surface area contributed by atoms with Crippen molar-refractivity contribution >= 4 is 37.4 Å². The molecule has 4 nitrogen and oxygen atoms in total. The number of rotatable bonds is 2. The van der Waals surface area contributed by atoms with Crippen molar-refractivity contribution in [3.63, 3.8) is 0 Å². The van der Waals surface area contributed by atoms with Crippen LogP contribution in [0.3, 0.4) is 0 Å². The van der Waals surface area contributed by atoms with Gasteiger partial charge in [-0.25, -0.2) is 8.70 Å². The quantitative estimate of drug-likeness (QED) is 0.621. The lowest BCUT2D eigenvalue weighted by molar-refractivity contribution is -0.137. The Hall–Kier alpha value is -0.850. The highest BCUT2D eigenvalue weighted by Crippen LogP contribution is 2.40. The third kappa shape index (κ3) is 2.25. The van der Waals surface area contributed by atoms with Crippen LogP contribution in [0.4, 0.5) is 4.39 Å². The average molecular weight is 298 g/mol. The van der Waals surface area contributed by atoms with Crippen molar-refractivity contribution in [3.05, 3.63) is 34.6 Å². The highest BCUT2D eigenvalue weighted by atomic mass is 35.7. The predicted molar refractivity (Wildman–Crippen MR) is 60.4 cm³/mol. The fraction of sp³-hybridized carbons (Fsp3) is 0.222. The van der Waals surface area contributed by atoms with E-state index in [4.69, 9.17) is 22.3 Å². The molecule has 1 unspecified atom stereocenters. The second-order valence-electron chi connectivity index (χ2n) is 3.52. The van der Waals surface area contributed by atoms with Gasteiger partial charge in [0, 0.05) is 15.7 Å². The number of nitrogens with zero attached hydrogens (tertiary/aromatic N) is 1. The minimum atomic E-state index is -4.14. The summed E-state index contributed by atoms with van der Waals surface area (Å²) in [6.07, 6.45) is -0.0166. The van der Waals surface area contributed by atoms with Crippen LogP contribution in [0.2, 0.25) is 5.02 Å². The van der Waals surface area contributed by atoms with Crippen LogP contribution in [0, 0.1) is 5.82 Å². The Morgan fingerprint density at radius 2 is 2.06 bits per heavy atom. The zero-order valence-electron chi connectivity index (χ0n) is 8.23. The molecule has 1 heterocycles. The lowest BCUT2D eigenvalue weighted by Gasteiger charge is -2.37. The smallest absolute Gasteiger partial charge is 0.274 e. The van der Waals surface area contributed by atoms with Crippen LogP contribution in [-0.2, 0) is 14.0 Å². The number of hydrogen-bond donors (Lipinski definition) is 0. The number of halogens is 3. The zero-order valence-corrected chi connectivity index (χ0v) is 10.6. The molecule has 92 valence electrons. The van der Waals surface area contributed by atoms with Gasteiger partial charge in [0.2, 0.25) is 5.91 Å². The van der Waals surface area contributed by atoms with E-state index in [0.29, 0.717) is 9.87 Å². The molecule has 1 saturated heterocycles. The monoisotopic (exact) mass is 297 g/mol. The molecule has 1 aliphatic heterocycles. The number of β-lactam (4-membered cyclic amide) rings is 1. The average Bonchev–Trinajstić information content (AvgIpc) is 2.12. The first kappa shape index (κ1) is 12.6. The molecule has 0 aromatic heterocycles. The van der Waals surface area contributed by atoms with Crippen LogP contribution in [-0.4, -0.2) is 18.6 Å². The number of carbonyl (C=O) groups is 1. The normalized spacial score (nSPS) is 20.3. The van der Waals surface area contributed by atoms with Gasteiger partial charge in [-0.3, -0.25) is 4.79 Å². The fourth-order valence-electron chi connectivity index (χ4n) is 1.68. The molecule has 8 heteroatoms. The Balaban J connectivity index is 2.39. The molecule has 0 saturated carbocycles. The molecule has 0 bridgehead atoms. The summed E-state index contributed by atoms with van der Waals surface area (Å²) in [6.45, 7) is 0. The van der Waals surface area contributed by atoms with Crippen LogP contribution >= 0.6 is 22.3 Å². The van der Waals surface area contributed by atoms with Crippen LogP contribution in [0.15, 0.2) is 18.2 Å². The van der Waals surface area contributed by atoms with Crippen LogP contribution in [0.5, 0.6) is 0 Å². The molecule has 2 rings (SSSR count). The van der Waals surface area contributed by atoms with Crippen molar-refractivity contribution in [1.29, 1.82) is 0 Å². The van der Waals surface area contributed by atoms with Gasteiger partial charge in [-0.15, -0.1) is 0 Å². The first-order valence-corrected chi connectivity index (χ1v) is 7.17. The van der Waals surface area contributed by atoms with Crippen LogP contribution in [0.1, 0.15) is 18.0 Å².